The van der Waals surface area contributed by atoms with Gasteiger partial charge >= 0.3 is 0 Å². The lowest BCUT2D eigenvalue weighted by Gasteiger charge is -2.15. The average Bonchev–Trinajstić information content (AvgIpc) is 2.38. The Labute approximate surface area is 102 Å². The summed E-state index contributed by atoms with van der Waals surface area (Å²) in [6.45, 7) is 3.11. The van der Waals surface area contributed by atoms with Crippen LogP contribution in [-0.2, 0) is 4.74 Å². The van der Waals surface area contributed by atoms with E-state index in [1.807, 2.05) is 6.92 Å². The molecule has 0 aromatic heterocycles. The Balaban J connectivity index is 2.78. The quantitative estimate of drug-likeness (QED) is 0.742. The zero-order valence-electron chi connectivity index (χ0n) is 10.6. The Morgan fingerprint density at radius 1 is 1.24 bits per heavy atom. The summed E-state index contributed by atoms with van der Waals surface area (Å²) < 4.78 is 15.6. The van der Waals surface area contributed by atoms with E-state index in [4.69, 9.17) is 14.2 Å². The van der Waals surface area contributed by atoms with Crippen molar-refractivity contribution >= 4 is 0 Å². The van der Waals surface area contributed by atoms with Crippen LogP contribution in [0.25, 0.3) is 0 Å². The number of methoxy groups -OCH3 is 2. The summed E-state index contributed by atoms with van der Waals surface area (Å²) in [4.78, 5) is 0. The van der Waals surface area contributed by atoms with Gasteiger partial charge in [0.1, 0.15) is 11.5 Å². The predicted molar refractivity (Wildman–Crippen MR) is 65.6 cm³/mol. The van der Waals surface area contributed by atoms with Gasteiger partial charge in [-0.05, 0) is 25.1 Å². The molecule has 1 rings (SSSR count). The average molecular weight is 240 g/mol. The van der Waals surface area contributed by atoms with E-state index in [2.05, 4.69) is 0 Å². The van der Waals surface area contributed by atoms with Crippen molar-refractivity contribution < 1.29 is 19.3 Å². The van der Waals surface area contributed by atoms with Crippen LogP contribution in [0, 0.1) is 0 Å². The van der Waals surface area contributed by atoms with E-state index >= 15 is 0 Å². The van der Waals surface area contributed by atoms with Crippen molar-refractivity contribution in [2.45, 2.75) is 19.4 Å². The van der Waals surface area contributed by atoms with Gasteiger partial charge in [-0.1, -0.05) is 0 Å². The number of benzene rings is 1. The van der Waals surface area contributed by atoms with Gasteiger partial charge in [0, 0.05) is 25.2 Å². The van der Waals surface area contributed by atoms with Crippen molar-refractivity contribution in [2.24, 2.45) is 0 Å². The van der Waals surface area contributed by atoms with Crippen molar-refractivity contribution in [3.8, 4) is 11.5 Å². The molecule has 1 atom stereocenters. The molecule has 1 unspecified atom stereocenters. The maximum atomic E-state index is 10.1. The topological polar surface area (TPSA) is 47.9 Å². The first kappa shape index (κ1) is 13.8. The van der Waals surface area contributed by atoms with Gasteiger partial charge in [0.2, 0.25) is 0 Å². The van der Waals surface area contributed by atoms with Crippen molar-refractivity contribution in [1.82, 2.24) is 0 Å². The molecule has 0 radical (unpaired) electrons. The van der Waals surface area contributed by atoms with Gasteiger partial charge in [-0.15, -0.1) is 0 Å². The third-order valence-corrected chi connectivity index (χ3v) is 2.54. The molecule has 0 heterocycles. The van der Waals surface area contributed by atoms with Crippen molar-refractivity contribution in [3.05, 3.63) is 23.8 Å². The van der Waals surface area contributed by atoms with Crippen LogP contribution in [-0.4, -0.2) is 32.5 Å². The SMILES string of the molecule is CCOCCC(O)c1cc(OC)ccc1OC. The second-order valence-corrected chi connectivity index (χ2v) is 3.61. The maximum Gasteiger partial charge on any atom is 0.124 e. The largest absolute Gasteiger partial charge is 0.497 e. The molecule has 17 heavy (non-hydrogen) atoms. The van der Waals surface area contributed by atoms with Gasteiger partial charge in [-0.2, -0.15) is 0 Å². The van der Waals surface area contributed by atoms with E-state index in [9.17, 15) is 5.11 Å². The van der Waals surface area contributed by atoms with Crippen LogP contribution >= 0.6 is 0 Å². The van der Waals surface area contributed by atoms with Gasteiger partial charge < -0.3 is 19.3 Å². The van der Waals surface area contributed by atoms with Gasteiger partial charge in [-0.3, -0.25) is 0 Å². The number of hydrogen-bond acceptors (Lipinski definition) is 4. The summed E-state index contributed by atoms with van der Waals surface area (Å²) in [5.41, 5.74) is 0.728. The van der Waals surface area contributed by atoms with E-state index in [-0.39, 0.29) is 0 Å². The number of hydrogen-bond donors (Lipinski definition) is 1. The van der Waals surface area contributed by atoms with Crippen LogP contribution in [0.15, 0.2) is 18.2 Å². The third-order valence-electron chi connectivity index (χ3n) is 2.54. The van der Waals surface area contributed by atoms with Gasteiger partial charge in [0.05, 0.1) is 20.3 Å². The monoisotopic (exact) mass is 240 g/mol. The van der Waals surface area contributed by atoms with Gasteiger partial charge in [-0.25, -0.2) is 0 Å². The summed E-state index contributed by atoms with van der Waals surface area (Å²) in [7, 11) is 3.18. The smallest absolute Gasteiger partial charge is 0.124 e. The normalized spacial score (nSPS) is 12.2. The summed E-state index contributed by atoms with van der Waals surface area (Å²) in [5, 5.41) is 10.1. The summed E-state index contributed by atoms with van der Waals surface area (Å²) in [6.07, 6.45) is -0.0659. The molecular formula is C13H20O4. The molecule has 0 bridgehead atoms. The van der Waals surface area contributed by atoms with Crippen LogP contribution in [0.5, 0.6) is 11.5 Å². The second-order valence-electron chi connectivity index (χ2n) is 3.61. The lowest BCUT2D eigenvalue weighted by atomic mass is 10.1. The summed E-state index contributed by atoms with van der Waals surface area (Å²) in [6, 6.07) is 5.38. The Bertz CT molecular complexity index is 338. The third kappa shape index (κ3) is 3.91. The molecule has 4 nitrogen and oxygen atoms in total. The molecule has 1 N–H and O–H groups in total. The molecular weight excluding hydrogens is 220 g/mol. The molecule has 4 heteroatoms. The highest BCUT2D eigenvalue weighted by Gasteiger charge is 2.14. The van der Waals surface area contributed by atoms with Crippen LogP contribution in [0.3, 0.4) is 0 Å². The fraction of sp³-hybridized carbons (Fsp3) is 0.538. The van der Waals surface area contributed by atoms with E-state index in [0.29, 0.717) is 31.1 Å². The van der Waals surface area contributed by atoms with Crippen LogP contribution in [0.2, 0.25) is 0 Å². The molecule has 0 saturated carbocycles. The minimum Gasteiger partial charge on any atom is -0.497 e. The number of aliphatic hydroxyl groups excluding tert-OH is 1. The zero-order valence-corrected chi connectivity index (χ0v) is 10.6. The fourth-order valence-electron chi connectivity index (χ4n) is 1.59. The van der Waals surface area contributed by atoms with Crippen molar-refractivity contribution in [1.29, 1.82) is 0 Å². The second kappa shape index (κ2) is 7.14. The Morgan fingerprint density at radius 3 is 2.59 bits per heavy atom. The lowest BCUT2D eigenvalue weighted by molar-refractivity contribution is 0.0872. The number of rotatable bonds is 7. The fourth-order valence-corrected chi connectivity index (χ4v) is 1.59. The standard InChI is InChI=1S/C13H20O4/c1-4-17-8-7-12(14)11-9-10(15-2)5-6-13(11)16-3/h5-6,9,12,14H,4,7-8H2,1-3H3. The Hall–Kier alpha value is -1.26. The predicted octanol–water partition coefficient (Wildman–Crippen LogP) is 2.16. The van der Waals surface area contributed by atoms with E-state index in [0.717, 1.165) is 5.56 Å². The Kier molecular flexibility index (Phi) is 5.80. The molecule has 96 valence electrons. The molecule has 0 saturated heterocycles. The molecule has 0 aliphatic rings. The Morgan fingerprint density at radius 2 is 2.00 bits per heavy atom. The molecule has 0 amide bonds. The first-order valence-corrected chi connectivity index (χ1v) is 5.70. The molecule has 1 aromatic carbocycles. The highest BCUT2D eigenvalue weighted by atomic mass is 16.5. The lowest BCUT2D eigenvalue weighted by Crippen LogP contribution is -2.05. The zero-order chi connectivity index (χ0) is 12.7. The maximum absolute atomic E-state index is 10.1. The molecule has 0 aliphatic heterocycles. The number of ether oxygens (including phenoxy) is 3. The van der Waals surface area contributed by atoms with Crippen molar-refractivity contribution in [2.75, 3.05) is 27.4 Å². The van der Waals surface area contributed by atoms with E-state index < -0.39 is 6.10 Å². The number of aliphatic hydroxyl groups is 1. The highest BCUT2D eigenvalue weighted by Crippen LogP contribution is 2.30. The van der Waals surface area contributed by atoms with Crippen LogP contribution in [0.1, 0.15) is 25.0 Å². The summed E-state index contributed by atoms with van der Waals surface area (Å²) in [5.74, 6) is 1.37. The first-order chi connectivity index (χ1) is 8.22. The van der Waals surface area contributed by atoms with Gasteiger partial charge in [0.25, 0.3) is 0 Å². The van der Waals surface area contributed by atoms with E-state index in [1.165, 1.54) is 0 Å². The summed E-state index contributed by atoms with van der Waals surface area (Å²) >= 11 is 0. The van der Waals surface area contributed by atoms with Crippen LogP contribution < -0.4 is 9.47 Å². The van der Waals surface area contributed by atoms with Crippen molar-refractivity contribution in [3.63, 3.8) is 0 Å². The molecule has 0 fully saturated rings. The van der Waals surface area contributed by atoms with Gasteiger partial charge in [0.15, 0.2) is 0 Å². The van der Waals surface area contributed by atoms with Crippen LogP contribution in [0.4, 0.5) is 0 Å². The minimum atomic E-state index is -0.605. The minimum absolute atomic E-state index is 0.526. The molecule has 0 aliphatic carbocycles. The molecule has 1 aromatic rings. The highest BCUT2D eigenvalue weighted by molar-refractivity contribution is 5.41. The molecule has 0 spiro atoms. The first-order valence-electron chi connectivity index (χ1n) is 5.70. The van der Waals surface area contributed by atoms with E-state index in [1.54, 1.807) is 32.4 Å².